The smallest absolute Gasteiger partial charge is 0.272 e. The molecular formula is C30H29F3N2O4. The van der Waals surface area contributed by atoms with Crippen molar-refractivity contribution in [2.75, 3.05) is 12.4 Å². The van der Waals surface area contributed by atoms with E-state index >= 15 is 0 Å². The van der Waals surface area contributed by atoms with Crippen molar-refractivity contribution in [3.05, 3.63) is 115 Å². The highest BCUT2D eigenvalue weighted by molar-refractivity contribution is 5.70. The fraction of sp³-hybridized carbons (Fsp3) is 0.267. The summed E-state index contributed by atoms with van der Waals surface area (Å²) in [5, 5.41) is 6.36. The molecule has 204 valence electrons. The van der Waals surface area contributed by atoms with Crippen molar-refractivity contribution < 1.29 is 22.6 Å². The number of hydrogen-bond donors (Lipinski definition) is 2. The zero-order chi connectivity index (χ0) is 28.5. The van der Waals surface area contributed by atoms with Crippen LogP contribution in [0.3, 0.4) is 0 Å². The van der Waals surface area contributed by atoms with Gasteiger partial charge in [0.1, 0.15) is 17.0 Å². The van der Waals surface area contributed by atoms with Crippen LogP contribution in [0.2, 0.25) is 0 Å². The molecule has 4 aromatic rings. The molecule has 6 nitrogen and oxygen atoms in total. The van der Waals surface area contributed by atoms with Crippen molar-refractivity contribution in [1.82, 2.24) is 5.32 Å². The van der Waals surface area contributed by atoms with Crippen molar-refractivity contribution in [2.45, 2.75) is 45.4 Å². The number of ether oxygens (including phenoxy) is 2. The first-order valence-electron chi connectivity index (χ1n) is 12.3. The van der Waals surface area contributed by atoms with Crippen molar-refractivity contribution in [3.8, 4) is 11.5 Å². The van der Waals surface area contributed by atoms with Gasteiger partial charge in [-0.15, -0.1) is 0 Å². The highest BCUT2D eigenvalue weighted by Gasteiger charge is 2.27. The average Bonchev–Trinajstić information content (AvgIpc) is 2.91. The summed E-state index contributed by atoms with van der Waals surface area (Å²) in [5.74, 6) is -3.43. The maximum atomic E-state index is 13.9. The van der Waals surface area contributed by atoms with Crippen LogP contribution in [0.5, 0.6) is 11.5 Å². The second-order valence-corrected chi connectivity index (χ2v) is 10.2. The monoisotopic (exact) mass is 538 g/mol. The lowest BCUT2D eigenvalue weighted by Crippen LogP contribution is -2.39. The first kappa shape index (κ1) is 27.9. The van der Waals surface area contributed by atoms with Gasteiger partial charge in [0.05, 0.1) is 13.2 Å². The summed E-state index contributed by atoms with van der Waals surface area (Å²) in [6, 6.07) is 15.3. The molecule has 0 bridgehead atoms. The highest BCUT2D eigenvalue weighted by atomic mass is 19.2. The predicted molar refractivity (Wildman–Crippen MR) is 144 cm³/mol. The Morgan fingerprint density at radius 1 is 0.821 bits per heavy atom. The number of nitrogens with one attached hydrogen (secondary N) is 2. The van der Waals surface area contributed by atoms with Crippen molar-refractivity contribution >= 4 is 11.4 Å². The maximum Gasteiger partial charge on any atom is 0.272 e. The molecule has 0 aliphatic carbocycles. The summed E-state index contributed by atoms with van der Waals surface area (Å²) in [5.41, 5.74) is 0.376. The van der Waals surface area contributed by atoms with Crippen LogP contribution in [0, 0.1) is 17.5 Å². The molecule has 0 amide bonds. The molecule has 2 atom stereocenters. The Bertz CT molecular complexity index is 1530. The molecule has 0 heterocycles. The molecule has 0 saturated heterocycles. The molecule has 4 aromatic carbocycles. The van der Waals surface area contributed by atoms with Crippen LogP contribution in [-0.2, 0) is 0 Å². The van der Waals surface area contributed by atoms with Crippen LogP contribution in [0.4, 0.5) is 24.5 Å². The number of methoxy groups -OCH3 is 1. The lowest BCUT2D eigenvalue weighted by Gasteiger charge is -2.26. The summed E-state index contributed by atoms with van der Waals surface area (Å²) in [4.78, 5) is 24.4. The molecule has 0 aliphatic rings. The van der Waals surface area contributed by atoms with E-state index in [4.69, 9.17) is 9.47 Å². The Morgan fingerprint density at radius 2 is 1.46 bits per heavy atom. The van der Waals surface area contributed by atoms with E-state index in [0.29, 0.717) is 11.4 Å². The fourth-order valence-electron chi connectivity index (χ4n) is 4.18. The quantitative estimate of drug-likeness (QED) is 0.199. The standard InChI is InChI=1S/C30H29F3N2O4/c1-16(19-14-22(31)24(33)23(32)15-19)34-25(17-9-11-21(38-5)12-10-17)18-7-6-8-20(13-18)35-26-27(36)28(37)29(26)39-30(2,3)4/h6-16,25,34-35H,1-5H3. The fourth-order valence-corrected chi connectivity index (χ4v) is 4.18. The second-order valence-electron chi connectivity index (χ2n) is 10.2. The minimum absolute atomic E-state index is 0.0169. The van der Waals surface area contributed by atoms with Crippen molar-refractivity contribution in [2.24, 2.45) is 0 Å². The van der Waals surface area contributed by atoms with Crippen LogP contribution in [0.1, 0.15) is 56.5 Å². The molecule has 2 N–H and O–H groups in total. The molecule has 0 fully saturated rings. The Labute approximate surface area is 224 Å². The van der Waals surface area contributed by atoms with E-state index in [0.717, 1.165) is 23.3 Å². The Balaban J connectivity index is 1.69. The zero-order valence-corrected chi connectivity index (χ0v) is 22.2. The highest BCUT2D eigenvalue weighted by Crippen LogP contribution is 2.32. The van der Waals surface area contributed by atoms with Gasteiger partial charge >= 0.3 is 0 Å². The maximum absolute atomic E-state index is 13.9. The number of benzene rings is 3. The molecule has 0 aromatic heterocycles. The summed E-state index contributed by atoms with van der Waals surface area (Å²) >= 11 is 0. The van der Waals surface area contributed by atoms with Gasteiger partial charge in [-0.2, -0.15) is 0 Å². The lowest BCUT2D eigenvalue weighted by molar-refractivity contribution is 0.128. The van der Waals surface area contributed by atoms with E-state index in [1.807, 2.05) is 18.2 Å². The Morgan fingerprint density at radius 3 is 2.05 bits per heavy atom. The summed E-state index contributed by atoms with van der Waals surface area (Å²) in [7, 11) is 1.55. The van der Waals surface area contributed by atoms with E-state index in [-0.39, 0.29) is 17.0 Å². The molecule has 39 heavy (non-hydrogen) atoms. The Hall–Kier alpha value is -4.11. The predicted octanol–water partition coefficient (Wildman–Crippen LogP) is 6.07. The third-order valence-electron chi connectivity index (χ3n) is 6.14. The first-order valence-corrected chi connectivity index (χ1v) is 12.3. The summed E-state index contributed by atoms with van der Waals surface area (Å²) in [6.45, 7) is 7.04. The van der Waals surface area contributed by atoms with Gasteiger partial charge in [-0.3, -0.25) is 14.9 Å². The minimum atomic E-state index is -1.52. The van der Waals surface area contributed by atoms with Crippen LogP contribution < -0.4 is 31.0 Å². The van der Waals surface area contributed by atoms with E-state index in [1.165, 1.54) is 0 Å². The molecule has 4 rings (SSSR count). The SMILES string of the molecule is COc1ccc(C(NC(C)c2cc(F)c(F)c(F)c2)c2cccc(Nc3c(OC(C)(C)C)c(=O)c3=O)c2)cc1. The molecule has 0 saturated carbocycles. The van der Waals surface area contributed by atoms with Gasteiger partial charge < -0.3 is 14.8 Å². The van der Waals surface area contributed by atoms with E-state index in [2.05, 4.69) is 10.6 Å². The van der Waals surface area contributed by atoms with Crippen LogP contribution in [0.25, 0.3) is 0 Å². The van der Waals surface area contributed by atoms with Crippen LogP contribution >= 0.6 is 0 Å². The van der Waals surface area contributed by atoms with Gasteiger partial charge in [0.2, 0.25) is 0 Å². The normalized spacial score (nSPS) is 13.2. The van der Waals surface area contributed by atoms with Crippen molar-refractivity contribution in [3.63, 3.8) is 0 Å². The molecule has 9 heteroatoms. The molecule has 2 unspecified atom stereocenters. The van der Waals surface area contributed by atoms with Crippen LogP contribution in [-0.4, -0.2) is 12.7 Å². The average molecular weight is 539 g/mol. The lowest BCUT2D eigenvalue weighted by atomic mass is 9.96. The van der Waals surface area contributed by atoms with E-state index in [9.17, 15) is 22.8 Å². The van der Waals surface area contributed by atoms with E-state index in [1.54, 1.807) is 65.1 Å². The van der Waals surface area contributed by atoms with Crippen LogP contribution in [0.15, 0.2) is 70.3 Å². The summed E-state index contributed by atoms with van der Waals surface area (Å²) < 4.78 is 52.4. The summed E-state index contributed by atoms with van der Waals surface area (Å²) in [6.07, 6.45) is 0. The van der Waals surface area contributed by atoms with Gasteiger partial charge in [0.25, 0.3) is 10.9 Å². The van der Waals surface area contributed by atoms with Gasteiger partial charge in [-0.1, -0.05) is 24.3 Å². The topological polar surface area (TPSA) is 76.7 Å². The second kappa shape index (κ2) is 10.9. The zero-order valence-electron chi connectivity index (χ0n) is 22.2. The first-order chi connectivity index (χ1) is 18.4. The number of halogens is 3. The third kappa shape index (κ3) is 6.15. The molecule has 0 aliphatic heterocycles. The molecular weight excluding hydrogens is 509 g/mol. The number of rotatable bonds is 9. The van der Waals surface area contributed by atoms with Gasteiger partial charge in [-0.25, -0.2) is 13.2 Å². The van der Waals surface area contributed by atoms with Gasteiger partial charge in [0, 0.05) is 11.7 Å². The van der Waals surface area contributed by atoms with Gasteiger partial charge in [0.15, 0.2) is 23.2 Å². The number of hydrogen-bond acceptors (Lipinski definition) is 6. The molecule has 0 spiro atoms. The third-order valence-corrected chi connectivity index (χ3v) is 6.14. The minimum Gasteiger partial charge on any atom is -0.497 e. The van der Waals surface area contributed by atoms with Crippen molar-refractivity contribution in [1.29, 1.82) is 0 Å². The van der Waals surface area contributed by atoms with E-state index < -0.39 is 46.0 Å². The van der Waals surface area contributed by atoms with Gasteiger partial charge in [-0.05, 0) is 80.8 Å². The number of anilines is 2. The largest absolute Gasteiger partial charge is 0.497 e. The Kier molecular flexibility index (Phi) is 7.83. The molecule has 0 radical (unpaired) electrons.